The topological polar surface area (TPSA) is 35.2 Å². The Morgan fingerprint density at radius 2 is 2.24 bits per heavy atom. The smallest absolute Gasteiger partial charge is 0.119 e. The van der Waals surface area contributed by atoms with Gasteiger partial charge >= 0.3 is 0 Å². The van der Waals surface area contributed by atoms with Crippen LogP contribution in [0.25, 0.3) is 0 Å². The lowest BCUT2D eigenvalue weighted by Gasteiger charge is -2.07. The number of aryl methyl sites for hydroxylation is 1. The summed E-state index contributed by atoms with van der Waals surface area (Å²) in [4.78, 5) is 1.54. The molecule has 92 valence electrons. The van der Waals surface area contributed by atoms with Gasteiger partial charge in [0.2, 0.25) is 0 Å². The quantitative estimate of drug-likeness (QED) is 0.842. The number of nitrogens with two attached hydrogens (primary N) is 1. The second-order valence-corrected chi connectivity index (χ2v) is 5.31. The van der Waals surface area contributed by atoms with Crippen molar-refractivity contribution in [1.29, 1.82) is 0 Å². The average molecular weight is 249 g/mol. The van der Waals surface area contributed by atoms with Gasteiger partial charge in [0.05, 0.1) is 0 Å². The molecular weight excluding hydrogens is 230 g/mol. The number of hydrogen-bond acceptors (Lipinski definition) is 3. The molecular formula is C14H19NOS. The second-order valence-electron chi connectivity index (χ2n) is 4.09. The van der Waals surface area contributed by atoms with E-state index in [1.54, 1.807) is 4.91 Å². The third-order valence-corrected chi connectivity index (χ3v) is 3.90. The molecule has 1 aromatic carbocycles. The SMILES string of the molecule is NCCOc1cccc(CCC2=CCCS2)c1. The van der Waals surface area contributed by atoms with Gasteiger partial charge in [0, 0.05) is 12.3 Å². The van der Waals surface area contributed by atoms with Crippen molar-refractivity contribution in [3.8, 4) is 5.75 Å². The Morgan fingerprint density at radius 3 is 3.00 bits per heavy atom. The third kappa shape index (κ3) is 4.10. The van der Waals surface area contributed by atoms with Gasteiger partial charge in [-0.25, -0.2) is 0 Å². The van der Waals surface area contributed by atoms with Gasteiger partial charge in [-0.1, -0.05) is 18.2 Å². The van der Waals surface area contributed by atoms with Crippen molar-refractivity contribution >= 4 is 11.8 Å². The normalized spacial score (nSPS) is 14.8. The lowest BCUT2D eigenvalue weighted by atomic mass is 10.1. The molecule has 1 aromatic rings. The number of thioether (sulfide) groups is 1. The molecule has 0 fully saturated rings. The van der Waals surface area contributed by atoms with Gasteiger partial charge in [0.25, 0.3) is 0 Å². The fraction of sp³-hybridized carbons (Fsp3) is 0.429. The maximum absolute atomic E-state index is 5.52. The molecule has 0 saturated carbocycles. The molecule has 1 aliphatic heterocycles. The second kappa shape index (κ2) is 6.72. The van der Waals surface area contributed by atoms with Gasteiger partial charge in [-0.2, -0.15) is 0 Å². The Labute approximate surface area is 107 Å². The standard InChI is InChI=1S/C14H19NOS/c15-8-9-16-13-4-1-3-12(11-13)6-7-14-5-2-10-17-14/h1,3-5,11H,2,6-10,15H2. The van der Waals surface area contributed by atoms with Crippen LogP contribution < -0.4 is 10.5 Å². The first-order chi connectivity index (χ1) is 8.38. The molecule has 2 rings (SSSR count). The van der Waals surface area contributed by atoms with Crippen molar-refractivity contribution in [2.45, 2.75) is 19.3 Å². The highest BCUT2D eigenvalue weighted by Crippen LogP contribution is 2.28. The van der Waals surface area contributed by atoms with Gasteiger partial charge < -0.3 is 10.5 Å². The molecule has 1 heterocycles. The maximum atomic E-state index is 5.52. The molecule has 0 aromatic heterocycles. The van der Waals surface area contributed by atoms with E-state index in [-0.39, 0.29) is 0 Å². The first-order valence-corrected chi connectivity index (χ1v) is 7.10. The van der Waals surface area contributed by atoms with Crippen molar-refractivity contribution < 1.29 is 4.74 Å². The van der Waals surface area contributed by atoms with Gasteiger partial charge in [-0.15, -0.1) is 11.8 Å². The van der Waals surface area contributed by atoms with E-state index >= 15 is 0 Å². The van der Waals surface area contributed by atoms with E-state index < -0.39 is 0 Å². The van der Waals surface area contributed by atoms with E-state index in [0.717, 1.165) is 18.6 Å². The molecule has 3 heteroatoms. The first kappa shape index (κ1) is 12.5. The molecule has 0 bridgehead atoms. The zero-order chi connectivity index (χ0) is 11.9. The predicted octanol–water partition coefficient (Wildman–Crippen LogP) is 2.98. The number of benzene rings is 1. The minimum Gasteiger partial charge on any atom is -0.492 e. The van der Waals surface area contributed by atoms with E-state index in [2.05, 4.69) is 24.3 Å². The number of allylic oxidation sites excluding steroid dienone is 2. The Kier molecular flexibility index (Phi) is 4.95. The summed E-state index contributed by atoms with van der Waals surface area (Å²) in [5.41, 5.74) is 6.76. The lowest BCUT2D eigenvalue weighted by Crippen LogP contribution is -2.10. The van der Waals surface area contributed by atoms with Gasteiger partial charge in [0.15, 0.2) is 0 Å². The molecule has 0 spiro atoms. The van der Waals surface area contributed by atoms with Crippen molar-refractivity contribution in [3.05, 3.63) is 40.8 Å². The van der Waals surface area contributed by atoms with Crippen molar-refractivity contribution in [2.24, 2.45) is 5.73 Å². The Bertz CT molecular complexity index is 390. The summed E-state index contributed by atoms with van der Waals surface area (Å²) in [5.74, 6) is 2.19. The minimum atomic E-state index is 0.563. The third-order valence-electron chi connectivity index (χ3n) is 2.72. The fourth-order valence-corrected chi connectivity index (χ4v) is 2.86. The maximum Gasteiger partial charge on any atom is 0.119 e. The van der Waals surface area contributed by atoms with Crippen LogP contribution in [0.1, 0.15) is 18.4 Å². The molecule has 1 aliphatic rings. The first-order valence-electron chi connectivity index (χ1n) is 6.12. The predicted molar refractivity (Wildman–Crippen MR) is 74.5 cm³/mol. The molecule has 2 N–H and O–H groups in total. The van der Waals surface area contributed by atoms with Gasteiger partial charge in [0.1, 0.15) is 12.4 Å². The van der Waals surface area contributed by atoms with Crippen molar-refractivity contribution in [2.75, 3.05) is 18.9 Å². The van der Waals surface area contributed by atoms with Crippen LogP contribution in [-0.4, -0.2) is 18.9 Å². The van der Waals surface area contributed by atoms with Crippen molar-refractivity contribution in [1.82, 2.24) is 0 Å². The summed E-state index contributed by atoms with van der Waals surface area (Å²) < 4.78 is 5.52. The van der Waals surface area contributed by atoms with Crippen LogP contribution in [0, 0.1) is 0 Å². The zero-order valence-corrected chi connectivity index (χ0v) is 10.8. The highest BCUT2D eigenvalue weighted by atomic mass is 32.2. The van der Waals surface area contributed by atoms with Crippen LogP contribution in [-0.2, 0) is 6.42 Å². The Hall–Kier alpha value is -0.930. The van der Waals surface area contributed by atoms with Crippen LogP contribution >= 0.6 is 11.8 Å². The summed E-state index contributed by atoms with van der Waals surface area (Å²) in [7, 11) is 0. The van der Waals surface area contributed by atoms with E-state index in [1.165, 1.54) is 17.7 Å². The van der Waals surface area contributed by atoms with Crippen LogP contribution in [0.4, 0.5) is 0 Å². The molecule has 0 amide bonds. The minimum absolute atomic E-state index is 0.563. The summed E-state index contributed by atoms with van der Waals surface area (Å²) >= 11 is 1.99. The summed E-state index contributed by atoms with van der Waals surface area (Å²) in [5, 5.41) is 0. The summed E-state index contributed by atoms with van der Waals surface area (Å²) in [6.45, 7) is 1.15. The number of ether oxygens (including phenoxy) is 1. The molecule has 17 heavy (non-hydrogen) atoms. The number of hydrogen-bond donors (Lipinski definition) is 1. The van der Waals surface area contributed by atoms with Crippen LogP contribution in [0.5, 0.6) is 5.75 Å². The van der Waals surface area contributed by atoms with Crippen LogP contribution in [0.2, 0.25) is 0 Å². The lowest BCUT2D eigenvalue weighted by molar-refractivity contribution is 0.328. The monoisotopic (exact) mass is 249 g/mol. The van der Waals surface area contributed by atoms with E-state index in [9.17, 15) is 0 Å². The summed E-state index contributed by atoms with van der Waals surface area (Å²) in [6, 6.07) is 8.32. The summed E-state index contributed by atoms with van der Waals surface area (Å²) in [6.07, 6.45) is 5.85. The van der Waals surface area contributed by atoms with Crippen LogP contribution in [0.15, 0.2) is 35.2 Å². The van der Waals surface area contributed by atoms with Gasteiger partial charge in [-0.05, 0) is 41.9 Å². The largest absolute Gasteiger partial charge is 0.492 e. The average Bonchev–Trinajstić information content (AvgIpc) is 2.87. The number of rotatable bonds is 6. The molecule has 0 unspecified atom stereocenters. The zero-order valence-electron chi connectivity index (χ0n) is 10.0. The highest BCUT2D eigenvalue weighted by Gasteiger charge is 2.05. The molecule has 0 radical (unpaired) electrons. The molecule has 0 aliphatic carbocycles. The van der Waals surface area contributed by atoms with E-state index in [4.69, 9.17) is 10.5 Å². The molecule has 0 atom stereocenters. The Morgan fingerprint density at radius 1 is 1.29 bits per heavy atom. The van der Waals surface area contributed by atoms with Crippen LogP contribution in [0.3, 0.4) is 0 Å². The highest BCUT2D eigenvalue weighted by molar-refractivity contribution is 8.03. The molecule has 0 saturated heterocycles. The van der Waals surface area contributed by atoms with E-state index in [1.807, 2.05) is 17.8 Å². The van der Waals surface area contributed by atoms with E-state index in [0.29, 0.717) is 13.2 Å². The molecule has 2 nitrogen and oxygen atoms in total. The fourth-order valence-electron chi connectivity index (χ4n) is 1.88. The van der Waals surface area contributed by atoms with Gasteiger partial charge in [-0.3, -0.25) is 0 Å². The van der Waals surface area contributed by atoms with Crippen molar-refractivity contribution in [3.63, 3.8) is 0 Å². The Balaban J connectivity index is 1.86.